The Morgan fingerprint density at radius 1 is 1.18 bits per heavy atom. The number of aliphatic carboxylic acids is 1. The number of carboxylic acids is 1. The number of amides is 1. The van der Waals surface area contributed by atoms with Gasteiger partial charge < -0.3 is 19.5 Å². The molecule has 1 aromatic rings. The standard InChI is InChI=1S/C17H18N2O7S2/c20-15(3-4-16(21)22)18-17-19(11-8-28(23,24)9-14(11)27-17)10-1-2-12-13(7-10)26-6-5-25-12/h1-2,7,11,14H,3-6,8-9H2,(H,21,22)/t11-,14+/m1/s1. The van der Waals surface area contributed by atoms with Crippen LogP contribution in [-0.4, -0.2) is 66.6 Å². The van der Waals surface area contributed by atoms with Gasteiger partial charge in [0, 0.05) is 23.4 Å². The highest BCUT2D eigenvalue weighted by molar-refractivity contribution is 8.16. The Kier molecular flexibility index (Phi) is 4.96. The van der Waals surface area contributed by atoms with E-state index in [0.29, 0.717) is 35.6 Å². The maximum atomic E-state index is 12.1. The molecular formula is C17H18N2O7S2. The molecule has 0 bridgehead atoms. The fraction of sp³-hybridized carbons (Fsp3) is 0.471. The van der Waals surface area contributed by atoms with Gasteiger partial charge in [0.05, 0.1) is 24.0 Å². The summed E-state index contributed by atoms with van der Waals surface area (Å²) in [5.41, 5.74) is 0.658. The molecule has 0 spiro atoms. The monoisotopic (exact) mass is 426 g/mol. The largest absolute Gasteiger partial charge is 0.486 e. The van der Waals surface area contributed by atoms with E-state index in [1.807, 2.05) is 0 Å². The van der Waals surface area contributed by atoms with E-state index in [4.69, 9.17) is 14.6 Å². The number of aliphatic imine (C=N–C) groups is 1. The molecule has 0 saturated carbocycles. The van der Waals surface area contributed by atoms with Gasteiger partial charge in [-0.25, -0.2) is 8.42 Å². The number of amidine groups is 1. The molecule has 0 aliphatic carbocycles. The summed E-state index contributed by atoms with van der Waals surface area (Å²) in [5.74, 6) is -0.467. The number of carboxylic acid groups (broad SMARTS) is 1. The van der Waals surface area contributed by atoms with Crippen LogP contribution in [0.5, 0.6) is 11.5 Å². The van der Waals surface area contributed by atoms with Crippen LogP contribution in [0.2, 0.25) is 0 Å². The summed E-state index contributed by atoms with van der Waals surface area (Å²) >= 11 is 1.24. The predicted molar refractivity (Wildman–Crippen MR) is 103 cm³/mol. The van der Waals surface area contributed by atoms with Crippen LogP contribution in [0.15, 0.2) is 23.2 Å². The molecule has 2 fully saturated rings. The second kappa shape index (κ2) is 7.28. The van der Waals surface area contributed by atoms with E-state index in [1.165, 1.54) is 11.8 Å². The number of ether oxygens (including phenoxy) is 2. The normalized spacial score (nSPS) is 26.3. The summed E-state index contributed by atoms with van der Waals surface area (Å²) in [7, 11) is -3.17. The number of carbonyl (C=O) groups excluding carboxylic acids is 1. The van der Waals surface area contributed by atoms with Crippen molar-refractivity contribution in [1.29, 1.82) is 0 Å². The summed E-state index contributed by atoms with van der Waals surface area (Å²) in [6, 6.07) is 4.93. The third kappa shape index (κ3) is 3.81. The highest BCUT2D eigenvalue weighted by atomic mass is 32.2. The number of nitrogens with zero attached hydrogens (tertiary/aromatic N) is 2. The minimum Gasteiger partial charge on any atom is -0.486 e. The van der Waals surface area contributed by atoms with Crippen molar-refractivity contribution in [3.05, 3.63) is 18.2 Å². The molecular weight excluding hydrogens is 408 g/mol. The molecule has 1 amide bonds. The lowest BCUT2D eigenvalue weighted by Crippen LogP contribution is -2.37. The molecule has 3 heterocycles. The number of fused-ring (bicyclic) bond motifs is 2. The first-order valence-corrected chi connectivity index (χ1v) is 11.4. The van der Waals surface area contributed by atoms with E-state index in [0.717, 1.165) is 0 Å². The van der Waals surface area contributed by atoms with Gasteiger partial charge in [0.1, 0.15) is 13.2 Å². The average molecular weight is 426 g/mol. The minimum atomic E-state index is -3.17. The first kappa shape index (κ1) is 19.1. The van der Waals surface area contributed by atoms with Gasteiger partial charge in [-0.05, 0) is 12.1 Å². The molecule has 2 saturated heterocycles. The summed E-state index contributed by atoms with van der Waals surface area (Å²) in [4.78, 5) is 28.6. The first-order chi connectivity index (χ1) is 13.3. The van der Waals surface area contributed by atoms with E-state index in [2.05, 4.69) is 4.99 Å². The Morgan fingerprint density at radius 3 is 2.68 bits per heavy atom. The van der Waals surface area contributed by atoms with Crippen LogP contribution < -0.4 is 14.4 Å². The molecule has 0 aromatic heterocycles. The number of sulfone groups is 1. The first-order valence-electron chi connectivity index (χ1n) is 8.72. The third-order valence-corrected chi connectivity index (χ3v) is 7.85. The van der Waals surface area contributed by atoms with E-state index < -0.39 is 21.7 Å². The SMILES string of the molecule is O=C(O)CCC(=O)N=C1S[C@H]2CS(=O)(=O)C[C@H]2N1c1ccc2c(c1)OCCO2. The molecule has 0 unspecified atom stereocenters. The molecule has 2 atom stereocenters. The number of hydrogen-bond donors (Lipinski definition) is 1. The summed E-state index contributed by atoms with van der Waals surface area (Å²) < 4.78 is 35.3. The molecule has 4 rings (SSSR count). The number of anilines is 1. The predicted octanol–water partition coefficient (Wildman–Crippen LogP) is 0.924. The molecule has 0 radical (unpaired) electrons. The van der Waals surface area contributed by atoms with Crippen LogP contribution in [0.3, 0.4) is 0 Å². The molecule has 28 heavy (non-hydrogen) atoms. The molecule has 150 valence electrons. The minimum absolute atomic E-state index is 0.0196. The quantitative estimate of drug-likeness (QED) is 0.749. The number of carbonyl (C=O) groups is 2. The van der Waals surface area contributed by atoms with Gasteiger partial charge in [0.2, 0.25) is 5.91 Å². The second-order valence-corrected chi connectivity index (χ2v) is 10.0. The topological polar surface area (TPSA) is 123 Å². The van der Waals surface area contributed by atoms with Gasteiger partial charge in [-0.1, -0.05) is 11.8 Å². The van der Waals surface area contributed by atoms with Crippen LogP contribution >= 0.6 is 11.8 Å². The Bertz CT molecular complexity index is 960. The number of hydrogen-bond acceptors (Lipinski definition) is 7. The zero-order valence-corrected chi connectivity index (χ0v) is 16.4. The lowest BCUT2D eigenvalue weighted by atomic mass is 10.2. The van der Waals surface area contributed by atoms with Crippen molar-refractivity contribution in [3.8, 4) is 11.5 Å². The lowest BCUT2D eigenvalue weighted by molar-refractivity contribution is -0.138. The average Bonchev–Trinajstić information content (AvgIpc) is 3.10. The number of benzene rings is 1. The van der Waals surface area contributed by atoms with Gasteiger partial charge in [0.25, 0.3) is 0 Å². The summed E-state index contributed by atoms with van der Waals surface area (Å²) in [6.07, 6.45) is -0.506. The van der Waals surface area contributed by atoms with Gasteiger partial charge >= 0.3 is 5.97 Å². The van der Waals surface area contributed by atoms with Crippen LogP contribution in [0, 0.1) is 0 Å². The number of rotatable bonds is 4. The van der Waals surface area contributed by atoms with Gasteiger partial charge in [0.15, 0.2) is 26.5 Å². The van der Waals surface area contributed by atoms with Crippen molar-refractivity contribution in [2.45, 2.75) is 24.1 Å². The molecule has 1 aromatic carbocycles. The van der Waals surface area contributed by atoms with Crippen LogP contribution in [0.4, 0.5) is 5.69 Å². The number of thioether (sulfide) groups is 1. The van der Waals surface area contributed by atoms with E-state index in [9.17, 15) is 18.0 Å². The van der Waals surface area contributed by atoms with E-state index in [1.54, 1.807) is 23.1 Å². The molecule has 9 nitrogen and oxygen atoms in total. The van der Waals surface area contributed by atoms with Crippen molar-refractivity contribution in [1.82, 2.24) is 0 Å². The zero-order valence-electron chi connectivity index (χ0n) is 14.7. The van der Waals surface area contributed by atoms with Gasteiger partial charge in [-0.15, -0.1) is 0 Å². The smallest absolute Gasteiger partial charge is 0.303 e. The molecule has 11 heteroatoms. The fourth-order valence-electron chi connectivity index (χ4n) is 3.42. The zero-order chi connectivity index (χ0) is 19.9. The van der Waals surface area contributed by atoms with Crippen LogP contribution in [0.1, 0.15) is 12.8 Å². The van der Waals surface area contributed by atoms with E-state index >= 15 is 0 Å². The van der Waals surface area contributed by atoms with Crippen molar-refractivity contribution < 1.29 is 32.6 Å². The van der Waals surface area contributed by atoms with Crippen molar-refractivity contribution in [2.24, 2.45) is 4.99 Å². The lowest BCUT2D eigenvalue weighted by Gasteiger charge is -2.26. The molecule has 3 aliphatic heterocycles. The van der Waals surface area contributed by atoms with Crippen LogP contribution in [0.25, 0.3) is 0 Å². The van der Waals surface area contributed by atoms with Crippen molar-refractivity contribution in [2.75, 3.05) is 29.6 Å². The highest BCUT2D eigenvalue weighted by Gasteiger charge is 2.49. The maximum absolute atomic E-state index is 12.1. The highest BCUT2D eigenvalue weighted by Crippen LogP contribution is 2.43. The van der Waals surface area contributed by atoms with Crippen molar-refractivity contribution in [3.63, 3.8) is 0 Å². The Labute approximate surface area is 165 Å². The van der Waals surface area contributed by atoms with E-state index in [-0.39, 0.29) is 35.6 Å². The Hall–Kier alpha value is -2.27. The second-order valence-electron chi connectivity index (χ2n) is 6.68. The molecule has 3 aliphatic rings. The van der Waals surface area contributed by atoms with Crippen molar-refractivity contribution >= 4 is 44.3 Å². The Balaban J connectivity index is 1.67. The molecule has 1 N–H and O–H groups in total. The van der Waals surface area contributed by atoms with Gasteiger partial charge in [-0.3, -0.25) is 9.59 Å². The maximum Gasteiger partial charge on any atom is 0.303 e. The van der Waals surface area contributed by atoms with Gasteiger partial charge in [-0.2, -0.15) is 4.99 Å². The summed E-state index contributed by atoms with van der Waals surface area (Å²) in [5, 5.41) is 8.90. The summed E-state index contributed by atoms with van der Waals surface area (Å²) in [6.45, 7) is 0.875. The fourth-order valence-corrected chi connectivity index (χ4v) is 7.36. The van der Waals surface area contributed by atoms with Crippen LogP contribution in [-0.2, 0) is 19.4 Å². The Morgan fingerprint density at radius 2 is 1.93 bits per heavy atom. The third-order valence-electron chi connectivity index (χ3n) is 4.64.